The molecule has 30 heavy (non-hydrogen) atoms. The van der Waals surface area contributed by atoms with Gasteiger partial charge >= 0.3 is 0 Å². The molecule has 0 aliphatic carbocycles. The minimum atomic E-state index is -0.399. The Kier molecular flexibility index (Phi) is 6.53. The van der Waals surface area contributed by atoms with Crippen LogP contribution >= 0.6 is 22.7 Å². The summed E-state index contributed by atoms with van der Waals surface area (Å²) in [7, 11) is 6.47. The van der Waals surface area contributed by atoms with Crippen LogP contribution in [0.25, 0.3) is 0 Å². The van der Waals surface area contributed by atoms with Crippen LogP contribution in [-0.4, -0.2) is 55.0 Å². The molecule has 0 saturated heterocycles. The summed E-state index contributed by atoms with van der Waals surface area (Å²) in [5.74, 6) is 0.650. The Morgan fingerprint density at radius 2 is 1.80 bits per heavy atom. The second kappa shape index (κ2) is 9.09. The Labute approximate surface area is 181 Å². The van der Waals surface area contributed by atoms with Crippen LogP contribution in [-0.2, 0) is 0 Å². The molecule has 2 heterocycles. The monoisotopic (exact) mass is 447 g/mol. The maximum absolute atomic E-state index is 12.5. The summed E-state index contributed by atoms with van der Waals surface area (Å²) < 4.78 is 10.5. The van der Waals surface area contributed by atoms with Crippen LogP contribution in [0.4, 0.5) is 16.0 Å². The molecule has 2 N–H and O–H groups in total. The van der Waals surface area contributed by atoms with E-state index in [9.17, 15) is 9.59 Å². The third-order valence-electron chi connectivity index (χ3n) is 3.99. The van der Waals surface area contributed by atoms with Crippen molar-refractivity contribution in [1.29, 1.82) is 0 Å². The van der Waals surface area contributed by atoms with Crippen molar-refractivity contribution in [1.82, 2.24) is 14.9 Å². The van der Waals surface area contributed by atoms with Crippen LogP contribution in [0, 0.1) is 6.92 Å². The molecule has 158 valence electrons. The van der Waals surface area contributed by atoms with Crippen LogP contribution in [0.1, 0.15) is 25.9 Å². The Bertz CT molecular complexity index is 1080. The molecule has 3 rings (SSSR count). The number of nitrogens with one attached hydrogen (secondary N) is 2. The van der Waals surface area contributed by atoms with E-state index in [1.807, 2.05) is 6.07 Å². The van der Waals surface area contributed by atoms with Gasteiger partial charge in [-0.1, -0.05) is 11.3 Å². The molecular weight excluding hydrogens is 426 g/mol. The third-order valence-corrected chi connectivity index (χ3v) is 5.81. The van der Waals surface area contributed by atoms with E-state index in [0.29, 0.717) is 32.3 Å². The molecule has 0 fully saturated rings. The van der Waals surface area contributed by atoms with Gasteiger partial charge in [-0.25, -0.2) is 9.97 Å². The number of rotatable bonds is 7. The first-order valence-electron chi connectivity index (χ1n) is 8.77. The Hall–Kier alpha value is -3.18. The molecule has 0 unspecified atom stereocenters. The number of hydrogen-bond acceptors (Lipinski definition) is 9. The molecule has 0 aliphatic heterocycles. The molecule has 0 aliphatic rings. The lowest BCUT2D eigenvalue weighted by Gasteiger charge is -2.09. The number of carbonyl (C=O) groups is 2. The highest BCUT2D eigenvalue weighted by atomic mass is 32.1. The number of thiazole rings is 2. The second-order valence-corrected chi connectivity index (χ2v) is 8.18. The second-order valence-electron chi connectivity index (χ2n) is 6.32. The van der Waals surface area contributed by atoms with Crippen molar-refractivity contribution in [2.45, 2.75) is 6.92 Å². The van der Waals surface area contributed by atoms with Gasteiger partial charge in [-0.15, -0.1) is 11.3 Å². The first-order chi connectivity index (χ1) is 14.3. The van der Waals surface area contributed by atoms with Crippen molar-refractivity contribution in [3.8, 4) is 11.5 Å². The van der Waals surface area contributed by atoms with Crippen molar-refractivity contribution in [3.05, 3.63) is 39.8 Å². The average molecular weight is 448 g/mol. The molecule has 3 aromatic rings. The third kappa shape index (κ3) is 4.69. The zero-order valence-electron chi connectivity index (χ0n) is 17.1. The first-order valence-corrected chi connectivity index (χ1v) is 10.5. The maximum atomic E-state index is 12.5. The number of methoxy groups -OCH3 is 2. The SMILES string of the molecule is COc1ccc(Nc2nc(C(=O)Nc3nc(C)c(C(=O)N(C)C)s3)cs2)cc1OC. The van der Waals surface area contributed by atoms with Gasteiger partial charge < -0.3 is 19.7 Å². The van der Waals surface area contributed by atoms with Crippen molar-refractivity contribution in [2.24, 2.45) is 0 Å². The van der Waals surface area contributed by atoms with E-state index in [0.717, 1.165) is 17.0 Å². The number of nitrogens with zero attached hydrogens (tertiary/aromatic N) is 3. The molecule has 0 atom stereocenters. The molecule has 0 saturated carbocycles. The van der Waals surface area contributed by atoms with E-state index in [1.54, 1.807) is 52.8 Å². The number of aromatic nitrogens is 2. The molecule has 11 heteroatoms. The van der Waals surface area contributed by atoms with Gasteiger partial charge in [0.2, 0.25) is 0 Å². The van der Waals surface area contributed by atoms with Crippen molar-refractivity contribution in [3.63, 3.8) is 0 Å². The minimum Gasteiger partial charge on any atom is -0.493 e. The fourth-order valence-electron chi connectivity index (χ4n) is 2.49. The molecular formula is C19H21N5O4S2. The number of carbonyl (C=O) groups excluding carboxylic acids is 2. The number of anilines is 3. The summed E-state index contributed by atoms with van der Waals surface area (Å²) in [6.07, 6.45) is 0. The van der Waals surface area contributed by atoms with Gasteiger partial charge in [-0.3, -0.25) is 14.9 Å². The van der Waals surface area contributed by atoms with Gasteiger partial charge in [0.1, 0.15) is 10.6 Å². The van der Waals surface area contributed by atoms with Gasteiger partial charge in [-0.2, -0.15) is 0 Å². The highest BCUT2D eigenvalue weighted by Gasteiger charge is 2.19. The van der Waals surface area contributed by atoms with E-state index < -0.39 is 5.91 Å². The lowest BCUT2D eigenvalue weighted by molar-refractivity contribution is 0.0831. The predicted molar refractivity (Wildman–Crippen MR) is 118 cm³/mol. The first kappa shape index (κ1) is 21.5. The minimum absolute atomic E-state index is 0.152. The van der Waals surface area contributed by atoms with Gasteiger partial charge in [0.05, 0.1) is 19.9 Å². The smallest absolute Gasteiger partial charge is 0.276 e. The largest absolute Gasteiger partial charge is 0.493 e. The van der Waals surface area contributed by atoms with Gasteiger partial charge in [0, 0.05) is 31.2 Å². The highest BCUT2D eigenvalue weighted by Crippen LogP contribution is 2.32. The molecule has 9 nitrogen and oxygen atoms in total. The lowest BCUT2D eigenvalue weighted by atomic mass is 10.3. The van der Waals surface area contributed by atoms with Crippen LogP contribution in [0.15, 0.2) is 23.6 Å². The van der Waals surface area contributed by atoms with E-state index in [1.165, 1.54) is 16.2 Å². The van der Waals surface area contributed by atoms with Crippen LogP contribution in [0.2, 0.25) is 0 Å². The summed E-state index contributed by atoms with van der Waals surface area (Å²) in [6.45, 7) is 1.73. The summed E-state index contributed by atoms with van der Waals surface area (Å²) >= 11 is 2.43. The zero-order chi connectivity index (χ0) is 21.8. The zero-order valence-corrected chi connectivity index (χ0v) is 18.7. The molecule has 2 amide bonds. The topological polar surface area (TPSA) is 106 Å². The highest BCUT2D eigenvalue weighted by molar-refractivity contribution is 7.17. The Morgan fingerprint density at radius 1 is 1.07 bits per heavy atom. The van der Waals surface area contributed by atoms with E-state index >= 15 is 0 Å². The lowest BCUT2D eigenvalue weighted by Crippen LogP contribution is -2.21. The Morgan fingerprint density at radius 3 is 2.47 bits per heavy atom. The summed E-state index contributed by atoms with van der Waals surface area (Å²) in [4.78, 5) is 35.2. The molecule has 0 spiro atoms. The van der Waals surface area contributed by atoms with E-state index in [2.05, 4.69) is 20.6 Å². The van der Waals surface area contributed by atoms with Gasteiger partial charge in [-0.05, 0) is 19.1 Å². The molecule has 0 bridgehead atoms. The number of benzene rings is 1. The number of aryl methyl sites for hydroxylation is 1. The summed E-state index contributed by atoms with van der Waals surface area (Å²) in [6, 6.07) is 5.38. The average Bonchev–Trinajstić information content (AvgIpc) is 3.33. The van der Waals surface area contributed by atoms with Gasteiger partial charge in [0.15, 0.2) is 21.8 Å². The van der Waals surface area contributed by atoms with Crippen LogP contribution in [0.3, 0.4) is 0 Å². The fourth-order valence-corrected chi connectivity index (χ4v) is 4.18. The Balaban J connectivity index is 1.70. The van der Waals surface area contributed by atoms with Gasteiger partial charge in [0.25, 0.3) is 11.8 Å². The maximum Gasteiger partial charge on any atom is 0.276 e. The normalized spacial score (nSPS) is 10.4. The van der Waals surface area contributed by atoms with Crippen molar-refractivity contribution in [2.75, 3.05) is 38.9 Å². The summed E-state index contributed by atoms with van der Waals surface area (Å²) in [5, 5.41) is 8.38. The summed E-state index contributed by atoms with van der Waals surface area (Å²) in [5.41, 5.74) is 1.57. The number of amides is 2. The molecule has 1 aromatic carbocycles. The van der Waals surface area contributed by atoms with Crippen LogP contribution in [0.5, 0.6) is 11.5 Å². The van der Waals surface area contributed by atoms with E-state index in [4.69, 9.17) is 9.47 Å². The molecule has 2 aromatic heterocycles. The van der Waals surface area contributed by atoms with E-state index in [-0.39, 0.29) is 11.6 Å². The molecule has 0 radical (unpaired) electrons. The van der Waals surface area contributed by atoms with Crippen molar-refractivity contribution >= 4 is 50.4 Å². The quantitative estimate of drug-likeness (QED) is 0.570. The standard InChI is InChI=1S/C19H21N5O4S2/c1-10-15(17(26)24(2)3)30-19(20-10)23-16(25)12-9-29-18(22-12)21-11-6-7-13(27-4)14(8-11)28-5/h6-9H,1-5H3,(H,21,22)(H,20,23,25). The van der Waals surface area contributed by atoms with Crippen LogP contribution < -0.4 is 20.1 Å². The van der Waals surface area contributed by atoms with Crippen molar-refractivity contribution < 1.29 is 19.1 Å². The predicted octanol–water partition coefficient (Wildman–Crippen LogP) is 3.62. The fraction of sp³-hybridized carbons (Fsp3) is 0.263. The number of ether oxygens (including phenoxy) is 2. The number of hydrogen-bond donors (Lipinski definition) is 2.